The third-order valence-corrected chi connectivity index (χ3v) is 4.02. The van der Waals surface area contributed by atoms with Gasteiger partial charge in [-0.15, -0.1) is 6.42 Å². The van der Waals surface area contributed by atoms with Gasteiger partial charge in [0.25, 0.3) is 11.8 Å². The van der Waals surface area contributed by atoms with Crippen LogP contribution in [0.25, 0.3) is 6.08 Å². The van der Waals surface area contributed by atoms with E-state index < -0.39 is 17.8 Å². The molecule has 3 rings (SSSR count). The minimum absolute atomic E-state index is 0.139. The van der Waals surface area contributed by atoms with Crippen LogP contribution in [0.1, 0.15) is 12.5 Å². The summed E-state index contributed by atoms with van der Waals surface area (Å²) in [6.07, 6.45) is 6.56. The number of amides is 4. The van der Waals surface area contributed by atoms with Gasteiger partial charge in [0.1, 0.15) is 23.7 Å². The normalized spacial score (nSPS) is 15.1. The van der Waals surface area contributed by atoms with Crippen molar-refractivity contribution in [2.45, 2.75) is 6.92 Å². The number of hydrogen-bond donors (Lipinski definition) is 1. The summed E-state index contributed by atoms with van der Waals surface area (Å²) in [6, 6.07) is 12.3. The number of nitrogens with zero attached hydrogens (tertiary/aromatic N) is 1. The minimum Gasteiger partial charge on any atom is -0.494 e. The summed E-state index contributed by atoms with van der Waals surface area (Å²) in [7, 11) is 0. The first kappa shape index (κ1) is 19.7. The summed E-state index contributed by atoms with van der Waals surface area (Å²) >= 11 is 0. The van der Waals surface area contributed by atoms with Gasteiger partial charge in [0.15, 0.2) is 0 Å². The first-order valence-electron chi connectivity index (χ1n) is 8.84. The van der Waals surface area contributed by atoms with Crippen LogP contribution >= 0.6 is 0 Å². The molecule has 7 nitrogen and oxygen atoms in total. The predicted molar refractivity (Wildman–Crippen MR) is 107 cm³/mol. The van der Waals surface area contributed by atoms with Crippen LogP contribution in [0, 0.1) is 12.3 Å². The Balaban J connectivity index is 1.86. The Morgan fingerprint density at radius 2 is 1.62 bits per heavy atom. The zero-order valence-corrected chi connectivity index (χ0v) is 15.7. The maximum absolute atomic E-state index is 12.9. The average molecular weight is 390 g/mol. The highest BCUT2D eigenvalue weighted by molar-refractivity contribution is 6.39. The molecule has 2 aromatic carbocycles. The van der Waals surface area contributed by atoms with E-state index in [1.807, 2.05) is 6.92 Å². The monoisotopic (exact) mass is 390 g/mol. The number of nitrogens with one attached hydrogen (secondary N) is 1. The van der Waals surface area contributed by atoms with Crippen LogP contribution in [-0.4, -0.2) is 31.1 Å². The van der Waals surface area contributed by atoms with Gasteiger partial charge >= 0.3 is 6.03 Å². The molecular formula is C22H18N2O5. The number of urea groups is 1. The van der Waals surface area contributed by atoms with Gasteiger partial charge in [0.2, 0.25) is 0 Å². The number of barbiturate groups is 1. The molecule has 4 amide bonds. The van der Waals surface area contributed by atoms with Crippen LogP contribution in [0.15, 0.2) is 54.1 Å². The minimum atomic E-state index is -0.806. The van der Waals surface area contributed by atoms with Crippen molar-refractivity contribution < 1.29 is 23.9 Å². The van der Waals surface area contributed by atoms with Crippen molar-refractivity contribution >= 4 is 29.6 Å². The van der Waals surface area contributed by atoms with E-state index in [9.17, 15) is 14.4 Å². The average Bonchev–Trinajstić information content (AvgIpc) is 2.72. The number of carbonyl (C=O) groups excluding carboxylic acids is 3. The first-order chi connectivity index (χ1) is 14.0. The zero-order valence-electron chi connectivity index (χ0n) is 15.7. The Morgan fingerprint density at radius 1 is 1.00 bits per heavy atom. The van der Waals surface area contributed by atoms with Crippen LogP contribution in [0.2, 0.25) is 0 Å². The Hall–Kier alpha value is -4.05. The maximum atomic E-state index is 12.9. The zero-order chi connectivity index (χ0) is 20.8. The Labute approximate surface area is 167 Å². The van der Waals surface area contributed by atoms with E-state index >= 15 is 0 Å². The lowest BCUT2D eigenvalue weighted by Crippen LogP contribution is -2.54. The van der Waals surface area contributed by atoms with Gasteiger partial charge in [-0.2, -0.15) is 0 Å². The van der Waals surface area contributed by atoms with E-state index in [-0.39, 0.29) is 12.2 Å². The molecule has 0 saturated carbocycles. The summed E-state index contributed by atoms with van der Waals surface area (Å²) in [5, 5.41) is 2.19. The van der Waals surface area contributed by atoms with Crippen molar-refractivity contribution in [3.63, 3.8) is 0 Å². The van der Waals surface area contributed by atoms with Gasteiger partial charge < -0.3 is 9.47 Å². The van der Waals surface area contributed by atoms with Gasteiger partial charge in [-0.25, -0.2) is 9.69 Å². The molecular weight excluding hydrogens is 372 g/mol. The summed E-state index contributed by atoms with van der Waals surface area (Å²) in [6.45, 7) is 2.49. The second-order valence-electron chi connectivity index (χ2n) is 5.95. The van der Waals surface area contributed by atoms with E-state index in [0.717, 1.165) is 4.90 Å². The quantitative estimate of drug-likeness (QED) is 0.466. The van der Waals surface area contributed by atoms with Crippen molar-refractivity contribution in [2.24, 2.45) is 0 Å². The van der Waals surface area contributed by atoms with Gasteiger partial charge in [-0.1, -0.05) is 18.1 Å². The van der Waals surface area contributed by atoms with E-state index in [1.54, 1.807) is 48.5 Å². The molecule has 0 unspecified atom stereocenters. The van der Waals surface area contributed by atoms with E-state index in [2.05, 4.69) is 11.2 Å². The highest BCUT2D eigenvalue weighted by Gasteiger charge is 2.36. The van der Waals surface area contributed by atoms with E-state index in [4.69, 9.17) is 15.9 Å². The molecule has 1 heterocycles. The number of hydrogen-bond acceptors (Lipinski definition) is 5. The lowest BCUT2D eigenvalue weighted by molar-refractivity contribution is -0.122. The summed E-state index contributed by atoms with van der Waals surface area (Å²) in [5.74, 6) is 2.08. The second-order valence-corrected chi connectivity index (χ2v) is 5.95. The Kier molecular flexibility index (Phi) is 5.95. The molecule has 1 fully saturated rings. The number of terminal acetylenes is 1. The molecule has 29 heavy (non-hydrogen) atoms. The fourth-order valence-electron chi connectivity index (χ4n) is 2.70. The van der Waals surface area contributed by atoms with Crippen LogP contribution < -0.4 is 19.7 Å². The Morgan fingerprint density at radius 3 is 2.24 bits per heavy atom. The highest BCUT2D eigenvalue weighted by Crippen LogP contribution is 2.24. The molecule has 2 aromatic rings. The van der Waals surface area contributed by atoms with Gasteiger partial charge in [-0.3, -0.25) is 14.9 Å². The van der Waals surface area contributed by atoms with Gasteiger partial charge in [-0.05, 0) is 55.0 Å². The third kappa shape index (κ3) is 4.45. The number of ether oxygens (including phenoxy) is 2. The lowest BCUT2D eigenvalue weighted by atomic mass is 10.1. The number of imide groups is 2. The first-order valence-corrected chi connectivity index (χ1v) is 8.84. The summed E-state index contributed by atoms with van der Waals surface area (Å²) in [4.78, 5) is 38.3. The van der Waals surface area contributed by atoms with Crippen LogP contribution in [0.3, 0.4) is 0 Å². The molecule has 0 atom stereocenters. The SMILES string of the molecule is C#CCOc1ccc(/C=C2\C(=O)NC(=O)N(c3ccc(OCC)cc3)C2=O)cc1. The molecule has 1 N–H and O–H groups in total. The molecule has 0 aliphatic carbocycles. The predicted octanol–water partition coefficient (Wildman–Crippen LogP) is 2.76. The van der Waals surface area contributed by atoms with Gasteiger partial charge in [0, 0.05) is 0 Å². The number of anilines is 1. The molecule has 0 spiro atoms. The molecule has 7 heteroatoms. The molecule has 1 aliphatic rings. The maximum Gasteiger partial charge on any atom is 0.335 e. The summed E-state index contributed by atoms with van der Waals surface area (Å²) in [5.41, 5.74) is 0.765. The van der Waals surface area contributed by atoms with E-state index in [1.165, 1.54) is 6.08 Å². The molecule has 1 aliphatic heterocycles. The van der Waals surface area contributed by atoms with Crippen molar-refractivity contribution in [3.8, 4) is 23.8 Å². The van der Waals surface area contributed by atoms with Crippen LogP contribution in [-0.2, 0) is 9.59 Å². The third-order valence-electron chi connectivity index (χ3n) is 4.02. The largest absolute Gasteiger partial charge is 0.494 e. The van der Waals surface area contributed by atoms with Crippen molar-refractivity contribution in [1.29, 1.82) is 0 Å². The topological polar surface area (TPSA) is 84.9 Å². The van der Waals surface area contributed by atoms with Crippen LogP contribution in [0.4, 0.5) is 10.5 Å². The van der Waals surface area contributed by atoms with Gasteiger partial charge in [0.05, 0.1) is 12.3 Å². The fraction of sp³-hybridized carbons (Fsp3) is 0.136. The number of rotatable bonds is 6. The highest BCUT2D eigenvalue weighted by atomic mass is 16.5. The number of carbonyl (C=O) groups is 3. The van der Waals surface area contributed by atoms with Crippen molar-refractivity contribution in [1.82, 2.24) is 5.32 Å². The van der Waals surface area contributed by atoms with E-state index in [0.29, 0.717) is 29.4 Å². The smallest absolute Gasteiger partial charge is 0.335 e. The standard InChI is InChI=1S/C22H18N2O5/c1-3-13-29-18-9-5-15(6-10-18)14-19-20(25)23-22(27)24(21(19)26)16-7-11-17(12-8-16)28-4-2/h1,5-12,14H,4,13H2,2H3,(H,23,25,27)/b19-14+. The number of benzene rings is 2. The summed E-state index contributed by atoms with van der Waals surface area (Å²) < 4.78 is 10.7. The molecule has 0 radical (unpaired) electrons. The molecule has 0 bridgehead atoms. The molecule has 146 valence electrons. The second kappa shape index (κ2) is 8.76. The molecule has 1 saturated heterocycles. The fourth-order valence-corrected chi connectivity index (χ4v) is 2.70. The van der Waals surface area contributed by atoms with Crippen LogP contribution in [0.5, 0.6) is 11.5 Å². The lowest BCUT2D eigenvalue weighted by Gasteiger charge is -2.26. The van der Waals surface area contributed by atoms with Crippen molar-refractivity contribution in [3.05, 3.63) is 59.7 Å². The molecule has 0 aromatic heterocycles. The Bertz CT molecular complexity index is 1000. The van der Waals surface area contributed by atoms with Crippen molar-refractivity contribution in [2.75, 3.05) is 18.1 Å².